The highest BCUT2D eigenvalue weighted by Gasteiger charge is 2.11. The Morgan fingerprint density at radius 2 is 2.26 bits per heavy atom. The van der Waals surface area contributed by atoms with Crippen LogP contribution in [0.2, 0.25) is 0 Å². The van der Waals surface area contributed by atoms with Gasteiger partial charge in [0.2, 0.25) is 5.91 Å². The van der Waals surface area contributed by atoms with Gasteiger partial charge >= 0.3 is 0 Å². The van der Waals surface area contributed by atoms with Crippen molar-refractivity contribution in [3.8, 4) is 0 Å². The molecule has 0 saturated carbocycles. The third-order valence-electron chi connectivity index (χ3n) is 3.05. The molecular formula is C14H24N2O3. The van der Waals surface area contributed by atoms with Crippen LogP contribution in [0.3, 0.4) is 0 Å². The summed E-state index contributed by atoms with van der Waals surface area (Å²) in [4.78, 5) is 11.8. The minimum absolute atomic E-state index is 0.0355. The molecule has 108 valence electrons. The van der Waals surface area contributed by atoms with Crippen molar-refractivity contribution in [1.29, 1.82) is 0 Å². The maximum absolute atomic E-state index is 11.8. The maximum atomic E-state index is 11.8. The molecule has 0 aliphatic rings. The van der Waals surface area contributed by atoms with Gasteiger partial charge in [0.15, 0.2) is 0 Å². The standard InChI is InChI=1S/C14H24N2O3/c1-11(10-17)5-3-7-15-12(2)14(18)16-9-13-6-4-8-19-13/h4,6,8,11-12,15,17H,3,5,7,9-10H2,1-2H3,(H,16,18). The Morgan fingerprint density at radius 3 is 2.89 bits per heavy atom. The lowest BCUT2D eigenvalue weighted by atomic mass is 10.1. The number of carbonyl (C=O) groups excluding carboxylic acids is 1. The van der Waals surface area contributed by atoms with E-state index in [2.05, 4.69) is 10.6 Å². The second-order valence-electron chi connectivity index (χ2n) is 4.90. The Hall–Kier alpha value is -1.33. The second kappa shape index (κ2) is 8.72. The number of hydrogen-bond donors (Lipinski definition) is 3. The smallest absolute Gasteiger partial charge is 0.237 e. The van der Waals surface area contributed by atoms with Crippen molar-refractivity contribution in [1.82, 2.24) is 10.6 Å². The zero-order valence-electron chi connectivity index (χ0n) is 11.7. The van der Waals surface area contributed by atoms with Crippen LogP contribution < -0.4 is 10.6 Å². The van der Waals surface area contributed by atoms with Crippen LogP contribution >= 0.6 is 0 Å². The molecule has 5 nitrogen and oxygen atoms in total. The van der Waals surface area contributed by atoms with Gasteiger partial charge in [-0.15, -0.1) is 0 Å². The fourth-order valence-corrected chi connectivity index (χ4v) is 1.69. The van der Waals surface area contributed by atoms with E-state index in [1.807, 2.05) is 19.9 Å². The van der Waals surface area contributed by atoms with E-state index in [1.54, 1.807) is 12.3 Å². The molecule has 5 heteroatoms. The van der Waals surface area contributed by atoms with Crippen LogP contribution in [0.25, 0.3) is 0 Å². The summed E-state index contributed by atoms with van der Waals surface area (Å²) in [5, 5.41) is 14.9. The number of hydrogen-bond acceptors (Lipinski definition) is 4. The summed E-state index contributed by atoms with van der Waals surface area (Å²) >= 11 is 0. The molecule has 1 aromatic heterocycles. The Labute approximate surface area is 114 Å². The van der Waals surface area contributed by atoms with E-state index in [4.69, 9.17) is 9.52 Å². The van der Waals surface area contributed by atoms with Crippen molar-refractivity contribution in [2.45, 2.75) is 39.3 Å². The maximum Gasteiger partial charge on any atom is 0.237 e. The molecule has 0 saturated heterocycles. The highest BCUT2D eigenvalue weighted by atomic mass is 16.3. The molecule has 1 amide bonds. The predicted molar refractivity (Wildman–Crippen MR) is 73.5 cm³/mol. The molecule has 0 bridgehead atoms. The van der Waals surface area contributed by atoms with Crippen molar-refractivity contribution in [2.75, 3.05) is 13.2 Å². The van der Waals surface area contributed by atoms with Crippen LogP contribution in [0, 0.1) is 5.92 Å². The largest absolute Gasteiger partial charge is 0.467 e. The first-order valence-electron chi connectivity index (χ1n) is 6.77. The first-order valence-corrected chi connectivity index (χ1v) is 6.77. The van der Waals surface area contributed by atoms with Gasteiger partial charge in [0, 0.05) is 6.61 Å². The summed E-state index contributed by atoms with van der Waals surface area (Å²) in [6.07, 6.45) is 3.51. The molecule has 19 heavy (non-hydrogen) atoms. The van der Waals surface area contributed by atoms with Crippen molar-refractivity contribution < 1.29 is 14.3 Å². The molecule has 0 aromatic carbocycles. The van der Waals surface area contributed by atoms with Crippen molar-refractivity contribution in [3.05, 3.63) is 24.2 Å². The summed E-state index contributed by atoms with van der Waals surface area (Å²) < 4.78 is 5.14. The van der Waals surface area contributed by atoms with Crippen molar-refractivity contribution in [2.24, 2.45) is 5.92 Å². The van der Waals surface area contributed by atoms with Crippen LogP contribution in [-0.2, 0) is 11.3 Å². The monoisotopic (exact) mass is 268 g/mol. The highest BCUT2D eigenvalue weighted by molar-refractivity contribution is 5.81. The lowest BCUT2D eigenvalue weighted by Crippen LogP contribution is -2.42. The summed E-state index contributed by atoms with van der Waals surface area (Å²) in [5.74, 6) is 1.04. The third kappa shape index (κ3) is 6.40. The quantitative estimate of drug-likeness (QED) is 0.590. The van der Waals surface area contributed by atoms with Crippen molar-refractivity contribution >= 4 is 5.91 Å². The average molecular weight is 268 g/mol. The van der Waals surface area contributed by atoms with E-state index < -0.39 is 0 Å². The fourth-order valence-electron chi connectivity index (χ4n) is 1.69. The number of aliphatic hydroxyl groups excluding tert-OH is 1. The zero-order chi connectivity index (χ0) is 14.1. The number of furan rings is 1. The number of rotatable bonds is 9. The lowest BCUT2D eigenvalue weighted by Gasteiger charge is -2.14. The van der Waals surface area contributed by atoms with E-state index in [-0.39, 0.29) is 18.6 Å². The van der Waals surface area contributed by atoms with E-state index in [0.717, 1.165) is 25.1 Å². The van der Waals surface area contributed by atoms with Gasteiger partial charge in [-0.1, -0.05) is 6.92 Å². The minimum atomic E-state index is -0.223. The predicted octanol–water partition coefficient (Wildman–Crippen LogP) is 1.28. The van der Waals surface area contributed by atoms with E-state index in [9.17, 15) is 4.79 Å². The second-order valence-corrected chi connectivity index (χ2v) is 4.90. The zero-order valence-corrected chi connectivity index (χ0v) is 11.7. The normalized spacial score (nSPS) is 14.1. The van der Waals surface area contributed by atoms with Crippen LogP contribution in [0.15, 0.2) is 22.8 Å². The van der Waals surface area contributed by atoms with Crippen molar-refractivity contribution in [3.63, 3.8) is 0 Å². The topological polar surface area (TPSA) is 74.5 Å². The molecule has 0 spiro atoms. The van der Waals surface area contributed by atoms with Crippen LogP contribution in [-0.4, -0.2) is 30.2 Å². The molecule has 0 radical (unpaired) electrons. The highest BCUT2D eigenvalue weighted by Crippen LogP contribution is 2.03. The molecule has 3 N–H and O–H groups in total. The van der Waals surface area contributed by atoms with Gasteiger partial charge in [-0.05, 0) is 44.4 Å². The molecule has 1 heterocycles. The summed E-state index contributed by atoms with van der Waals surface area (Å²) in [6.45, 7) is 5.27. The average Bonchev–Trinajstić information content (AvgIpc) is 2.93. The molecule has 1 aromatic rings. The van der Waals surface area contributed by atoms with Crippen LogP contribution in [0.5, 0.6) is 0 Å². The van der Waals surface area contributed by atoms with Gasteiger partial charge in [-0.25, -0.2) is 0 Å². The first kappa shape index (κ1) is 15.7. The minimum Gasteiger partial charge on any atom is -0.467 e. The summed E-state index contributed by atoms with van der Waals surface area (Å²) in [7, 11) is 0. The molecule has 1 rings (SSSR count). The number of aliphatic hydroxyl groups is 1. The number of nitrogens with one attached hydrogen (secondary N) is 2. The fraction of sp³-hybridized carbons (Fsp3) is 0.643. The SMILES string of the molecule is CC(CO)CCCNC(C)C(=O)NCc1ccco1. The Kier molecular flexibility index (Phi) is 7.22. The molecule has 0 aliphatic carbocycles. The Morgan fingerprint density at radius 1 is 1.47 bits per heavy atom. The molecule has 2 unspecified atom stereocenters. The molecule has 0 aliphatic heterocycles. The Bertz CT molecular complexity index is 352. The molecular weight excluding hydrogens is 244 g/mol. The first-order chi connectivity index (χ1) is 9.13. The van der Waals surface area contributed by atoms with Gasteiger partial charge in [0.1, 0.15) is 5.76 Å². The lowest BCUT2D eigenvalue weighted by molar-refractivity contribution is -0.123. The van der Waals surface area contributed by atoms with E-state index in [1.165, 1.54) is 0 Å². The molecule has 2 atom stereocenters. The van der Waals surface area contributed by atoms with E-state index >= 15 is 0 Å². The Balaban J connectivity index is 2.11. The summed E-state index contributed by atoms with van der Waals surface area (Å²) in [5.41, 5.74) is 0. The summed E-state index contributed by atoms with van der Waals surface area (Å²) in [6, 6.07) is 3.40. The third-order valence-corrected chi connectivity index (χ3v) is 3.05. The van der Waals surface area contributed by atoms with Gasteiger partial charge in [-0.2, -0.15) is 0 Å². The number of amides is 1. The van der Waals surface area contributed by atoms with Gasteiger partial charge in [0.25, 0.3) is 0 Å². The molecule has 0 fully saturated rings. The number of carbonyl (C=O) groups is 1. The van der Waals surface area contributed by atoms with Crippen LogP contribution in [0.4, 0.5) is 0 Å². The van der Waals surface area contributed by atoms with Gasteiger partial charge in [0.05, 0.1) is 18.8 Å². The van der Waals surface area contributed by atoms with Gasteiger partial charge < -0.3 is 20.2 Å². The van der Waals surface area contributed by atoms with E-state index in [0.29, 0.717) is 12.5 Å². The van der Waals surface area contributed by atoms with Gasteiger partial charge in [-0.3, -0.25) is 4.79 Å². The van der Waals surface area contributed by atoms with Crippen LogP contribution in [0.1, 0.15) is 32.4 Å².